The van der Waals surface area contributed by atoms with Crippen LogP contribution in [0.4, 0.5) is 4.39 Å². The van der Waals surface area contributed by atoms with Gasteiger partial charge in [-0.2, -0.15) is 5.10 Å². The number of nitrogens with zero attached hydrogens (tertiary/aromatic N) is 2. The summed E-state index contributed by atoms with van der Waals surface area (Å²) >= 11 is 0. The molecule has 2 aromatic rings. The highest BCUT2D eigenvalue weighted by Gasteiger charge is 2.09. The lowest BCUT2D eigenvalue weighted by molar-refractivity contribution is -0.121. The van der Waals surface area contributed by atoms with Crippen molar-refractivity contribution in [1.29, 1.82) is 0 Å². The molecule has 22 heavy (non-hydrogen) atoms. The largest absolute Gasteiger partial charge is 0.389 e. The molecule has 0 bridgehead atoms. The molecule has 1 heterocycles. The van der Waals surface area contributed by atoms with Crippen molar-refractivity contribution in [3.8, 4) is 5.69 Å². The lowest BCUT2D eigenvalue weighted by atomic mass is 10.3. The predicted octanol–water partition coefficient (Wildman–Crippen LogP) is 0.677. The van der Waals surface area contributed by atoms with E-state index in [0.717, 1.165) is 0 Å². The molecule has 0 aliphatic rings. The third-order valence-corrected chi connectivity index (χ3v) is 2.97. The topological polar surface area (TPSA) is 76.4 Å². The lowest BCUT2D eigenvalue weighted by Gasteiger charge is -2.10. The number of carbonyl (C=O) groups excluding carboxylic acids is 1. The molecule has 2 N–H and O–H groups in total. The molecule has 0 radical (unpaired) electrons. The maximum absolute atomic E-state index is 12.9. The number of methoxy groups -OCH3 is 1. The third kappa shape index (κ3) is 4.64. The number of halogens is 1. The first-order valence-electron chi connectivity index (χ1n) is 6.82. The number of amides is 1. The fourth-order valence-electron chi connectivity index (χ4n) is 1.90. The number of nitrogens with one attached hydrogen (secondary N) is 1. The third-order valence-electron chi connectivity index (χ3n) is 2.97. The van der Waals surface area contributed by atoms with Crippen LogP contribution in [0.15, 0.2) is 36.5 Å². The fourth-order valence-corrected chi connectivity index (χ4v) is 1.90. The summed E-state index contributed by atoms with van der Waals surface area (Å²) in [4.78, 5) is 11.7. The average molecular weight is 307 g/mol. The summed E-state index contributed by atoms with van der Waals surface area (Å²) < 4.78 is 19.2. The van der Waals surface area contributed by atoms with E-state index in [1.807, 2.05) is 0 Å². The van der Waals surface area contributed by atoms with Crippen LogP contribution in [0.5, 0.6) is 0 Å². The van der Waals surface area contributed by atoms with Crippen molar-refractivity contribution < 1.29 is 19.0 Å². The lowest BCUT2D eigenvalue weighted by Crippen LogP contribution is -2.35. The van der Waals surface area contributed by atoms with Gasteiger partial charge in [0.15, 0.2) is 0 Å². The molecular weight excluding hydrogens is 289 g/mol. The van der Waals surface area contributed by atoms with Crippen molar-refractivity contribution >= 4 is 5.91 Å². The molecule has 2 rings (SSSR count). The highest BCUT2D eigenvalue weighted by molar-refractivity contribution is 5.78. The van der Waals surface area contributed by atoms with Crippen LogP contribution in [-0.2, 0) is 16.0 Å². The van der Waals surface area contributed by atoms with Gasteiger partial charge in [-0.1, -0.05) is 0 Å². The highest BCUT2D eigenvalue weighted by atomic mass is 19.1. The number of benzene rings is 1. The summed E-state index contributed by atoms with van der Waals surface area (Å²) in [5.41, 5.74) is 1.30. The molecule has 1 unspecified atom stereocenters. The van der Waals surface area contributed by atoms with Crippen molar-refractivity contribution in [2.45, 2.75) is 12.5 Å². The van der Waals surface area contributed by atoms with Gasteiger partial charge in [-0.3, -0.25) is 4.79 Å². The van der Waals surface area contributed by atoms with Gasteiger partial charge in [0.2, 0.25) is 5.91 Å². The standard InChI is InChI=1S/C15H18FN3O3/c1-22-10-14(20)9-17-15(21)8-12-6-7-19(18-12)13-4-2-11(16)3-5-13/h2-7,14,20H,8-10H2,1H3,(H,17,21). The number of carbonyl (C=O) groups is 1. The molecule has 1 aromatic carbocycles. The SMILES string of the molecule is COCC(O)CNC(=O)Cc1ccn(-c2ccc(F)cc2)n1. The Balaban J connectivity index is 1.89. The van der Waals surface area contributed by atoms with E-state index in [9.17, 15) is 14.3 Å². The zero-order chi connectivity index (χ0) is 15.9. The normalized spacial score (nSPS) is 12.1. The Labute approximate surface area is 127 Å². The zero-order valence-electron chi connectivity index (χ0n) is 12.2. The second-order valence-corrected chi connectivity index (χ2v) is 4.82. The van der Waals surface area contributed by atoms with Crippen LogP contribution in [0.1, 0.15) is 5.69 Å². The Bertz CT molecular complexity index is 613. The summed E-state index contributed by atoms with van der Waals surface area (Å²) in [7, 11) is 1.48. The number of aliphatic hydroxyl groups excluding tert-OH is 1. The van der Waals surface area contributed by atoms with E-state index in [4.69, 9.17) is 4.74 Å². The van der Waals surface area contributed by atoms with Gasteiger partial charge in [-0.05, 0) is 30.3 Å². The molecule has 0 spiro atoms. The van der Waals surface area contributed by atoms with Crippen LogP contribution in [0, 0.1) is 5.82 Å². The number of rotatable bonds is 7. The number of aliphatic hydroxyl groups is 1. The molecule has 0 aliphatic carbocycles. The van der Waals surface area contributed by atoms with Gasteiger partial charge in [0.1, 0.15) is 5.82 Å². The number of hydrogen-bond donors (Lipinski definition) is 2. The van der Waals surface area contributed by atoms with Crippen LogP contribution >= 0.6 is 0 Å². The minimum atomic E-state index is -0.731. The van der Waals surface area contributed by atoms with Gasteiger partial charge in [-0.15, -0.1) is 0 Å². The monoisotopic (exact) mass is 307 g/mol. The van der Waals surface area contributed by atoms with Crippen LogP contribution < -0.4 is 5.32 Å². The van der Waals surface area contributed by atoms with Crippen molar-refractivity contribution in [2.24, 2.45) is 0 Å². The summed E-state index contributed by atoms with van der Waals surface area (Å²) in [5, 5.41) is 16.3. The van der Waals surface area contributed by atoms with Gasteiger partial charge >= 0.3 is 0 Å². The molecule has 1 atom stereocenters. The van der Waals surface area contributed by atoms with E-state index in [1.54, 1.807) is 29.1 Å². The van der Waals surface area contributed by atoms with Gasteiger partial charge in [0, 0.05) is 19.9 Å². The minimum Gasteiger partial charge on any atom is -0.389 e. The summed E-state index contributed by atoms with van der Waals surface area (Å²) in [6.07, 6.45) is 1.08. The summed E-state index contributed by atoms with van der Waals surface area (Å²) in [5.74, 6) is -0.551. The molecule has 0 aliphatic heterocycles. The van der Waals surface area contributed by atoms with Gasteiger partial charge < -0.3 is 15.2 Å². The van der Waals surface area contributed by atoms with E-state index < -0.39 is 6.10 Å². The molecule has 0 saturated heterocycles. The highest BCUT2D eigenvalue weighted by Crippen LogP contribution is 2.09. The van der Waals surface area contributed by atoms with Crippen molar-refractivity contribution in [2.75, 3.05) is 20.3 Å². The van der Waals surface area contributed by atoms with Crippen molar-refractivity contribution in [3.05, 3.63) is 48.0 Å². The predicted molar refractivity (Wildman–Crippen MR) is 78.1 cm³/mol. The average Bonchev–Trinajstić information content (AvgIpc) is 2.95. The molecular formula is C15H18FN3O3. The van der Waals surface area contributed by atoms with E-state index in [0.29, 0.717) is 11.4 Å². The Morgan fingerprint density at radius 3 is 2.82 bits per heavy atom. The van der Waals surface area contributed by atoms with Crippen LogP contribution in [0.3, 0.4) is 0 Å². The molecule has 1 amide bonds. The quantitative estimate of drug-likeness (QED) is 0.788. The van der Waals surface area contributed by atoms with E-state index in [1.165, 1.54) is 19.2 Å². The summed E-state index contributed by atoms with van der Waals surface area (Å²) in [6, 6.07) is 7.62. The minimum absolute atomic E-state index is 0.105. The Kier molecular flexibility index (Phi) is 5.62. The number of aromatic nitrogens is 2. The Hall–Kier alpha value is -2.25. The first-order valence-corrected chi connectivity index (χ1v) is 6.82. The smallest absolute Gasteiger partial charge is 0.226 e. The summed E-state index contributed by atoms with van der Waals surface area (Å²) in [6.45, 7) is 0.296. The van der Waals surface area contributed by atoms with Crippen molar-refractivity contribution in [3.63, 3.8) is 0 Å². The fraction of sp³-hybridized carbons (Fsp3) is 0.333. The van der Waals surface area contributed by atoms with Crippen molar-refractivity contribution in [1.82, 2.24) is 15.1 Å². The molecule has 0 saturated carbocycles. The second-order valence-electron chi connectivity index (χ2n) is 4.82. The zero-order valence-corrected chi connectivity index (χ0v) is 12.2. The number of ether oxygens (including phenoxy) is 1. The molecule has 1 aromatic heterocycles. The molecule has 118 valence electrons. The molecule has 6 nitrogen and oxygen atoms in total. The Morgan fingerprint density at radius 2 is 2.14 bits per heavy atom. The molecule has 0 fully saturated rings. The van der Waals surface area contributed by atoms with Gasteiger partial charge in [0.05, 0.1) is 30.5 Å². The maximum atomic E-state index is 12.9. The number of hydrogen-bond acceptors (Lipinski definition) is 4. The Morgan fingerprint density at radius 1 is 1.41 bits per heavy atom. The van der Waals surface area contributed by atoms with Crippen LogP contribution in [-0.4, -0.2) is 47.2 Å². The first-order chi connectivity index (χ1) is 10.6. The maximum Gasteiger partial charge on any atom is 0.226 e. The first kappa shape index (κ1) is 16.1. The van der Waals surface area contributed by atoms with E-state index >= 15 is 0 Å². The second kappa shape index (κ2) is 7.67. The van der Waals surface area contributed by atoms with Crippen LogP contribution in [0.2, 0.25) is 0 Å². The van der Waals surface area contributed by atoms with E-state index in [2.05, 4.69) is 10.4 Å². The van der Waals surface area contributed by atoms with Crippen LogP contribution in [0.25, 0.3) is 5.69 Å². The van der Waals surface area contributed by atoms with Gasteiger partial charge in [-0.25, -0.2) is 9.07 Å². The molecule has 7 heteroatoms. The van der Waals surface area contributed by atoms with Gasteiger partial charge in [0.25, 0.3) is 0 Å². The van der Waals surface area contributed by atoms with E-state index in [-0.39, 0.29) is 31.3 Å².